The molecule has 0 atom stereocenters. The van der Waals surface area contributed by atoms with E-state index in [0.29, 0.717) is 37.8 Å². The monoisotopic (exact) mass is 341 g/mol. The van der Waals surface area contributed by atoms with Gasteiger partial charge in [-0.1, -0.05) is 0 Å². The lowest BCUT2D eigenvalue weighted by molar-refractivity contribution is -0.137. The van der Waals surface area contributed by atoms with Crippen LogP contribution in [0.15, 0.2) is 23.1 Å². The first-order chi connectivity index (χ1) is 10.1. The van der Waals surface area contributed by atoms with E-state index in [0.717, 1.165) is 0 Å². The highest BCUT2D eigenvalue weighted by atomic mass is 32.2. The third-order valence-corrected chi connectivity index (χ3v) is 5.10. The van der Waals surface area contributed by atoms with Crippen LogP contribution < -0.4 is 4.72 Å². The number of aliphatic hydroxyl groups excluding tert-OH is 1. The van der Waals surface area contributed by atoms with Gasteiger partial charge in [0, 0.05) is 6.04 Å². The van der Waals surface area contributed by atoms with Crippen LogP contribution in [0.2, 0.25) is 0 Å². The fourth-order valence-electron chi connectivity index (χ4n) is 2.36. The number of aliphatic hydroxyl groups is 1. The third kappa shape index (κ3) is 3.96. The fraction of sp³-hybridized carbons (Fsp3) is 0.538. The predicted molar refractivity (Wildman–Crippen MR) is 70.0 cm³/mol. The van der Waals surface area contributed by atoms with Crippen molar-refractivity contribution in [2.24, 2.45) is 0 Å². The molecular formula is C13H15F4NO3S. The van der Waals surface area contributed by atoms with Gasteiger partial charge in [0.1, 0.15) is 10.7 Å². The maximum absolute atomic E-state index is 13.6. The van der Waals surface area contributed by atoms with E-state index in [9.17, 15) is 31.1 Å². The fourth-order valence-corrected chi connectivity index (χ4v) is 3.77. The lowest BCUT2D eigenvalue weighted by atomic mass is 9.94. The van der Waals surface area contributed by atoms with Crippen LogP contribution in [0.5, 0.6) is 0 Å². The van der Waals surface area contributed by atoms with Crippen LogP contribution in [0.4, 0.5) is 17.6 Å². The van der Waals surface area contributed by atoms with Crippen molar-refractivity contribution in [3.05, 3.63) is 29.6 Å². The van der Waals surface area contributed by atoms with Crippen LogP contribution >= 0.6 is 0 Å². The van der Waals surface area contributed by atoms with Crippen LogP contribution in [0, 0.1) is 5.82 Å². The van der Waals surface area contributed by atoms with Crippen LogP contribution in [-0.2, 0) is 16.2 Å². The number of halogens is 4. The van der Waals surface area contributed by atoms with Crippen molar-refractivity contribution in [1.82, 2.24) is 4.72 Å². The van der Waals surface area contributed by atoms with E-state index in [-0.39, 0.29) is 6.07 Å². The molecule has 1 aliphatic rings. The third-order valence-electron chi connectivity index (χ3n) is 3.57. The van der Waals surface area contributed by atoms with Gasteiger partial charge in [0.2, 0.25) is 10.0 Å². The molecule has 2 N–H and O–H groups in total. The van der Waals surface area contributed by atoms with Gasteiger partial charge in [-0.25, -0.2) is 17.5 Å². The Morgan fingerprint density at radius 2 is 1.73 bits per heavy atom. The van der Waals surface area contributed by atoms with Crippen molar-refractivity contribution < 1.29 is 31.1 Å². The highest BCUT2D eigenvalue weighted by Crippen LogP contribution is 2.31. The Hall–Kier alpha value is -1.19. The van der Waals surface area contributed by atoms with Crippen molar-refractivity contribution in [2.75, 3.05) is 0 Å². The normalized spacial score (nSPS) is 23.5. The van der Waals surface area contributed by atoms with Gasteiger partial charge < -0.3 is 5.11 Å². The molecule has 0 aliphatic heterocycles. The summed E-state index contributed by atoms with van der Waals surface area (Å²) in [7, 11) is -4.40. The van der Waals surface area contributed by atoms with Crippen molar-refractivity contribution in [3.63, 3.8) is 0 Å². The molecule has 1 aliphatic carbocycles. The highest BCUT2D eigenvalue weighted by molar-refractivity contribution is 7.89. The molecule has 1 aromatic carbocycles. The molecule has 0 aromatic heterocycles. The van der Waals surface area contributed by atoms with E-state index in [2.05, 4.69) is 4.72 Å². The van der Waals surface area contributed by atoms with Gasteiger partial charge in [-0.15, -0.1) is 0 Å². The minimum atomic E-state index is -4.76. The summed E-state index contributed by atoms with van der Waals surface area (Å²) in [5, 5.41) is 9.35. The number of rotatable bonds is 3. The highest BCUT2D eigenvalue weighted by Gasteiger charge is 2.34. The molecule has 22 heavy (non-hydrogen) atoms. The first-order valence-corrected chi connectivity index (χ1v) is 8.15. The second kappa shape index (κ2) is 6.13. The molecule has 0 spiro atoms. The molecule has 9 heteroatoms. The van der Waals surface area contributed by atoms with E-state index >= 15 is 0 Å². The molecule has 0 heterocycles. The number of hydrogen-bond acceptors (Lipinski definition) is 3. The Labute approximate surface area is 125 Å². The van der Waals surface area contributed by atoms with Crippen molar-refractivity contribution >= 4 is 10.0 Å². The van der Waals surface area contributed by atoms with Gasteiger partial charge in [0.05, 0.1) is 11.7 Å². The Bertz CT molecular complexity index is 637. The minimum absolute atomic E-state index is 0.287. The van der Waals surface area contributed by atoms with Crippen LogP contribution in [-0.4, -0.2) is 25.7 Å². The molecule has 0 saturated heterocycles. The molecule has 0 radical (unpaired) electrons. The van der Waals surface area contributed by atoms with E-state index in [1.165, 1.54) is 0 Å². The summed E-state index contributed by atoms with van der Waals surface area (Å²) in [4.78, 5) is -1.02. The van der Waals surface area contributed by atoms with E-state index in [1.54, 1.807) is 0 Å². The Morgan fingerprint density at radius 1 is 1.14 bits per heavy atom. The minimum Gasteiger partial charge on any atom is -0.393 e. The molecule has 1 fully saturated rings. The lowest BCUT2D eigenvalue weighted by Gasteiger charge is -2.26. The van der Waals surface area contributed by atoms with Gasteiger partial charge in [0.25, 0.3) is 0 Å². The Morgan fingerprint density at radius 3 is 2.27 bits per heavy atom. The first kappa shape index (κ1) is 17.2. The molecule has 124 valence electrons. The molecule has 0 amide bonds. The summed E-state index contributed by atoms with van der Waals surface area (Å²) in [6.45, 7) is 0. The number of hydrogen-bond donors (Lipinski definition) is 2. The van der Waals surface area contributed by atoms with Crippen LogP contribution in [0.25, 0.3) is 0 Å². The number of sulfonamides is 1. The zero-order chi connectivity index (χ0) is 16.5. The lowest BCUT2D eigenvalue weighted by Crippen LogP contribution is -2.38. The van der Waals surface area contributed by atoms with Crippen molar-refractivity contribution in [1.29, 1.82) is 0 Å². The molecular weight excluding hydrogens is 326 g/mol. The number of benzene rings is 1. The summed E-state index contributed by atoms with van der Waals surface area (Å²) in [6.07, 6.45) is -3.79. The SMILES string of the molecule is O=S(=O)(NC1CCC(O)CC1)c1cc(C(F)(F)F)ccc1F. The Balaban J connectivity index is 2.25. The predicted octanol–water partition coefficient (Wildman–Crippen LogP) is 2.43. The quantitative estimate of drug-likeness (QED) is 0.830. The molecule has 0 unspecified atom stereocenters. The average molecular weight is 341 g/mol. The molecule has 1 aromatic rings. The zero-order valence-electron chi connectivity index (χ0n) is 11.4. The summed E-state index contributed by atoms with van der Waals surface area (Å²) in [5.41, 5.74) is -1.23. The second-order valence-electron chi connectivity index (χ2n) is 5.27. The van der Waals surface area contributed by atoms with E-state index in [1.807, 2.05) is 0 Å². The van der Waals surface area contributed by atoms with Gasteiger partial charge in [-0.05, 0) is 43.9 Å². The summed E-state index contributed by atoms with van der Waals surface area (Å²) in [5.74, 6) is -1.24. The largest absolute Gasteiger partial charge is 0.416 e. The smallest absolute Gasteiger partial charge is 0.393 e. The number of alkyl halides is 3. The maximum atomic E-state index is 13.6. The van der Waals surface area contributed by atoms with Crippen LogP contribution in [0.3, 0.4) is 0 Å². The number of nitrogens with one attached hydrogen (secondary N) is 1. The maximum Gasteiger partial charge on any atom is 0.416 e. The summed E-state index contributed by atoms with van der Waals surface area (Å²) in [6, 6.07) is 0.741. The van der Waals surface area contributed by atoms with Gasteiger partial charge in [0.15, 0.2) is 0 Å². The van der Waals surface area contributed by atoms with Gasteiger partial charge in [-0.2, -0.15) is 13.2 Å². The summed E-state index contributed by atoms with van der Waals surface area (Å²) >= 11 is 0. The zero-order valence-corrected chi connectivity index (χ0v) is 12.2. The van der Waals surface area contributed by atoms with Crippen molar-refractivity contribution in [2.45, 2.75) is 48.9 Å². The van der Waals surface area contributed by atoms with Crippen LogP contribution in [0.1, 0.15) is 31.2 Å². The molecule has 4 nitrogen and oxygen atoms in total. The molecule has 2 rings (SSSR count). The first-order valence-electron chi connectivity index (χ1n) is 6.67. The van der Waals surface area contributed by atoms with Gasteiger partial charge in [-0.3, -0.25) is 0 Å². The Kier molecular flexibility index (Phi) is 4.78. The van der Waals surface area contributed by atoms with E-state index in [4.69, 9.17) is 0 Å². The topological polar surface area (TPSA) is 66.4 Å². The van der Waals surface area contributed by atoms with Crippen molar-refractivity contribution in [3.8, 4) is 0 Å². The average Bonchev–Trinajstić information content (AvgIpc) is 2.40. The second-order valence-corrected chi connectivity index (χ2v) is 6.95. The van der Waals surface area contributed by atoms with Gasteiger partial charge >= 0.3 is 6.18 Å². The molecule has 1 saturated carbocycles. The van der Waals surface area contributed by atoms with E-state index < -0.39 is 44.6 Å². The molecule has 0 bridgehead atoms. The summed E-state index contributed by atoms with van der Waals surface area (Å²) < 4.78 is 77.9. The standard InChI is InChI=1S/C13H15F4NO3S/c14-11-6-1-8(13(15,16)17)7-12(11)22(20,21)18-9-2-4-10(19)5-3-9/h1,6-7,9-10,18-19H,2-5H2.